The first-order valence-corrected chi connectivity index (χ1v) is 9.13. The van der Waals surface area contributed by atoms with Gasteiger partial charge in [-0.1, -0.05) is 17.7 Å². The predicted molar refractivity (Wildman–Crippen MR) is 98.2 cm³/mol. The van der Waals surface area contributed by atoms with Crippen molar-refractivity contribution in [1.29, 1.82) is 0 Å². The van der Waals surface area contributed by atoms with Crippen LogP contribution in [-0.2, 0) is 4.79 Å². The average Bonchev–Trinajstić information content (AvgIpc) is 2.59. The first kappa shape index (κ1) is 18.7. The Morgan fingerprint density at radius 2 is 1.75 bits per heavy atom. The van der Waals surface area contributed by atoms with Crippen molar-refractivity contribution < 1.29 is 23.1 Å². The van der Waals surface area contributed by atoms with Gasteiger partial charge in [0, 0.05) is 22.7 Å². The highest BCUT2D eigenvalue weighted by atomic mass is 35.5. The van der Waals surface area contributed by atoms with E-state index < -0.39 is 11.6 Å². The van der Waals surface area contributed by atoms with E-state index in [1.165, 1.54) is 30.3 Å². The Morgan fingerprint density at radius 1 is 1.04 bits per heavy atom. The maximum atomic E-state index is 13.4. The largest absolute Gasteiger partial charge is 0.484 e. The molecule has 0 aromatic heterocycles. The minimum atomic E-state index is -0.616. The maximum absolute atomic E-state index is 13.4. The minimum Gasteiger partial charge on any atom is -0.484 e. The van der Waals surface area contributed by atoms with Crippen molar-refractivity contribution in [2.24, 2.45) is 0 Å². The number of hydrogen-bond donors (Lipinski definition) is 2. The molecule has 0 atom stereocenters. The van der Waals surface area contributed by atoms with Crippen LogP contribution in [0.25, 0.3) is 0 Å². The molecule has 2 N–H and O–H groups in total. The van der Waals surface area contributed by atoms with Crippen LogP contribution in [0.5, 0.6) is 5.75 Å². The number of benzene rings is 2. The zero-order valence-electron chi connectivity index (χ0n) is 14.7. The molecule has 3 aliphatic carbocycles. The summed E-state index contributed by atoms with van der Waals surface area (Å²) in [6.07, 6.45) is 1.84. The van der Waals surface area contributed by atoms with Crippen molar-refractivity contribution in [1.82, 2.24) is 10.6 Å². The van der Waals surface area contributed by atoms with Gasteiger partial charge < -0.3 is 15.4 Å². The van der Waals surface area contributed by atoms with Gasteiger partial charge in [0.15, 0.2) is 6.61 Å². The third-order valence-electron chi connectivity index (χ3n) is 5.16. The molecule has 0 unspecified atom stereocenters. The second-order valence-corrected chi connectivity index (χ2v) is 7.88. The fourth-order valence-corrected chi connectivity index (χ4v) is 4.16. The molecule has 5 nitrogen and oxygen atoms in total. The van der Waals surface area contributed by atoms with Crippen molar-refractivity contribution in [3.63, 3.8) is 0 Å². The van der Waals surface area contributed by atoms with Gasteiger partial charge in [0.1, 0.15) is 17.4 Å². The fraction of sp³-hybridized carbons (Fsp3) is 0.300. The highest BCUT2D eigenvalue weighted by molar-refractivity contribution is 6.30. The number of ether oxygens (including phenoxy) is 1. The topological polar surface area (TPSA) is 67.4 Å². The molecule has 2 aromatic carbocycles. The molecule has 3 aliphatic rings. The van der Waals surface area contributed by atoms with E-state index in [2.05, 4.69) is 10.6 Å². The molecule has 0 spiro atoms. The van der Waals surface area contributed by atoms with Gasteiger partial charge in [-0.3, -0.25) is 9.59 Å². The van der Waals surface area contributed by atoms with Crippen molar-refractivity contribution in [3.8, 4) is 5.75 Å². The van der Waals surface area contributed by atoms with Gasteiger partial charge >= 0.3 is 0 Å². The molecule has 2 bridgehead atoms. The SMILES string of the molecule is O=C(COc1ccc(Cl)c(F)c1)NC12CC(NC(=O)c3cccc(F)c3)(C1)C2. The molecular formula is C20H17ClF2N2O3. The number of halogens is 3. The monoisotopic (exact) mass is 406 g/mol. The molecule has 3 saturated carbocycles. The van der Waals surface area contributed by atoms with Crippen LogP contribution in [0.3, 0.4) is 0 Å². The standard InChI is InChI=1S/C20H17ClF2N2O3/c21-15-5-4-14(7-16(15)23)28-8-17(26)24-19-9-20(10-19,11-19)25-18(27)12-2-1-3-13(22)6-12/h1-7H,8-11H2,(H,24,26)(H,25,27). The lowest BCUT2D eigenvalue weighted by atomic mass is 9.44. The Hall–Kier alpha value is -2.67. The molecule has 2 aromatic rings. The Kier molecular flexibility index (Phi) is 4.50. The van der Waals surface area contributed by atoms with Crippen LogP contribution in [0.4, 0.5) is 8.78 Å². The summed E-state index contributed by atoms with van der Waals surface area (Å²) in [5.74, 6) is -1.51. The molecule has 3 fully saturated rings. The Bertz CT molecular complexity index is 946. The number of nitrogens with one attached hydrogen (secondary N) is 2. The van der Waals surface area contributed by atoms with Crippen molar-refractivity contribution in [2.75, 3.05) is 6.61 Å². The average molecular weight is 407 g/mol. The van der Waals surface area contributed by atoms with Gasteiger partial charge in [-0.05, 0) is 49.6 Å². The molecule has 8 heteroatoms. The Morgan fingerprint density at radius 3 is 2.43 bits per heavy atom. The molecule has 28 heavy (non-hydrogen) atoms. The normalized spacial score (nSPS) is 24.5. The lowest BCUT2D eigenvalue weighted by molar-refractivity contribution is -0.141. The molecular weight excluding hydrogens is 390 g/mol. The number of rotatable bonds is 6. The summed E-state index contributed by atoms with van der Waals surface area (Å²) < 4.78 is 31.9. The van der Waals surface area contributed by atoms with Gasteiger partial charge in [-0.2, -0.15) is 0 Å². The molecule has 0 heterocycles. The summed E-state index contributed by atoms with van der Waals surface area (Å²) in [5, 5.41) is 5.82. The Labute approximate surface area is 165 Å². The van der Waals surface area contributed by atoms with E-state index in [4.69, 9.17) is 16.3 Å². The zero-order valence-corrected chi connectivity index (χ0v) is 15.5. The van der Waals surface area contributed by atoms with Crippen LogP contribution in [0.2, 0.25) is 5.02 Å². The smallest absolute Gasteiger partial charge is 0.258 e. The van der Waals surface area contributed by atoms with Crippen LogP contribution in [0, 0.1) is 11.6 Å². The third-order valence-corrected chi connectivity index (χ3v) is 5.47. The van der Waals surface area contributed by atoms with Crippen LogP contribution in [-0.4, -0.2) is 29.5 Å². The Balaban J connectivity index is 1.24. The maximum Gasteiger partial charge on any atom is 0.258 e. The van der Waals surface area contributed by atoms with E-state index in [0.29, 0.717) is 19.3 Å². The van der Waals surface area contributed by atoms with E-state index in [1.54, 1.807) is 6.07 Å². The van der Waals surface area contributed by atoms with Crippen molar-refractivity contribution >= 4 is 23.4 Å². The van der Waals surface area contributed by atoms with Gasteiger partial charge in [0.05, 0.1) is 5.02 Å². The summed E-state index contributed by atoms with van der Waals surface area (Å²) in [4.78, 5) is 24.3. The number of amides is 2. The summed E-state index contributed by atoms with van der Waals surface area (Å²) in [6.45, 7) is -0.245. The number of carbonyl (C=O) groups is 2. The third kappa shape index (κ3) is 3.54. The van der Waals surface area contributed by atoms with Crippen molar-refractivity contribution in [3.05, 3.63) is 64.7 Å². The van der Waals surface area contributed by atoms with Gasteiger partial charge in [0.25, 0.3) is 11.8 Å². The van der Waals surface area contributed by atoms with Gasteiger partial charge in [0.2, 0.25) is 0 Å². The number of carbonyl (C=O) groups excluding carboxylic acids is 2. The first-order valence-electron chi connectivity index (χ1n) is 8.75. The van der Waals surface area contributed by atoms with E-state index >= 15 is 0 Å². The molecule has 0 aliphatic heterocycles. The summed E-state index contributed by atoms with van der Waals surface area (Å²) in [7, 11) is 0. The summed E-state index contributed by atoms with van der Waals surface area (Å²) in [6, 6.07) is 9.47. The first-order chi connectivity index (χ1) is 13.3. The highest BCUT2D eigenvalue weighted by Gasteiger charge is 2.69. The second-order valence-electron chi connectivity index (χ2n) is 7.47. The van der Waals surface area contributed by atoms with Gasteiger partial charge in [-0.25, -0.2) is 8.78 Å². The molecule has 2 amide bonds. The van der Waals surface area contributed by atoms with Crippen molar-refractivity contribution in [2.45, 2.75) is 30.3 Å². The highest BCUT2D eigenvalue weighted by Crippen LogP contribution is 2.60. The zero-order chi connectivity index (χ0) is 19.9. The second kappa shape index (κ2) is 6.74. The molecule has 146 valence electrons. The van der Waals surface area contributed by atoms with Gasteiger partial charge in [-0.15, -0.1) is 0 Å². The predicted octanol–water partition coefficient (Wildman–Crippen LogP) is 3.22. The van der Waals surface area contributed by atoms with Crippen LogP contribution >= 0.6 is 11.6 Å². The van der Waals surface area contributed by atoms with E-state index in [1.807, 2.05) is 0 Å². The minimum absolute atomic E-state index is 0.0174. The van der Waals surface area contributed by atoms with E-state index in [-0.39, 0.29) is 45.8 Å². The van der Waals surface area contributed by atoms with Crippen LogP contribution in [0.15, 0.2) is 42.5 Å². The summed E-state index contributed by atoms with van der Waals surface area (Å²) >= 11 is 5.60. The van der Waals surface area contributed by atoms with Crippen LogP contribution < -0.4 is 15.4 Å². The quantitative estimate of drug-likeness (QED) is 0.774. The van der Waals surface area contributed by atoms with E-state index in [0.717, 1.165) is 6.07 Å². The summed E-state index contributed by atoms with van der Waals surface area (Å²) in [5.41, 5.74) is -0.427. The fourth-order valence-electron chi connectivity index (χ4n) is 4.04. The lowest BCUT2D eigenvalue weighted by Gasteiger charge is -2.70. The van der Waals surface area contributed by atoms with Crippen LogP contribution in [0.1, 0.15) is 29.6 Å². The van der Waals surface area contributed by atoms with E-state index in [9.17, 15) is 18.4 Å². The number of hydrogen-bond acceptors (Lipinski definition) is 3. The molecule has 0 saturated heterocycles. The molecule has 0 radical (unpaired) electrons. The lowest BCUT2D eigenvalue weighted by Crippen LogP contribution is -2.84. The molecule has 5 rings (SSSR count).